The minimum atomic E-state index is -0.454. The summed E-state index contributed by atoms with van der Waals surface area (Å²) < 4.78 is 35.5. The van der Waals surface area contributed by atoms with Crippen LogP contribution in [-0.2, 0) is 5.75 Å². The van der Waals surface area contributed by atoms with Crippen LogP contribution in [0.3, 0.4) is 0 Å². The van der Waals surface area contributed by atoms with Crippen LogP contribution in [0.15, 0.2) is 50.1 Å². The molecule has 1 atom stereocenters. The van der Waals surface area contributed by atoms with Crippen LogP contribution in [0.5, 0.6) is 11.5 Å². The standard InChI is InChI=1S/C29H28FN7O4S2/c1-16-14-40-26-23-19(12-21(30)24(26)36-10-8-35(2)9-11-36)25(38)20(13-37(16)23)28-33-34-29(43-28)42-15-22-31-32-27(41-22)17-4-6-18(39-3)7-5-17/h4-7,12-13,16H,8-11,14-15H2,1-3H3/t16-/m0/s1. The van der Waals surface area contributed by atoms with Crippen LogP contribution in [0.25, 0.3) is 32.9 Å². The number of aromatic nitrogens is 5. The van der Waals surface area contributed by atoms with Crippen molar-refractivity contribution in [2.75, 3.05) is 51.8 Å². The lowest BCUT2D eigenvalue weighted by molar-refractivity contribution is 0.245. The lowest BCUT2D eigenvalue weighted by Crippen LogP contribution is -2.45. The van der Waals surface area contributed by atoms with E-state index in [-0.39, 0.29) is 16.9 Å². The molecule has 5 heterocycles. The van der Waals surface area contributed by atoms with E-state index < -0.39 is 5.82 Å². The van der Waals surface area contributed by atoms with Crippen LogP contribution in [0.1, 0.15) is 18.9 Å². The average Bonchev–Trinajstić information content (AvgIpc) is 3.70. The molecule has 0 N–H and O–H groups in total. The molecule has 0 unspecified atom stereocenters. The molecule has 2 aromatic carbocycles. The molecule has 0 spiro atoms. The van der Waals surface area contributed by atoms with Crippen LogP contribution in [0.4, 0.5) is 10.1 Å². The number of hydrogen-bond donors (Lipinski definition) is 0. The van der Waals surface area contributed by atoms with E-state index in [0.29, 0.717) is 69.1 Å². The third-order valence-electron chi connectivity index (χ3n) is 7.72. The van der Waals surface area contributed by atoms with E-state index in [9.17, 15) is 4.79 Å². The lowest BCUT2D eigenvalue weighted by atomic mass is 10.1. The molecule has 11 nitrogen and oxygen atoms in total. The Morgan fingerprint density at radius 2 is 1.91 bits per heavy atom. The summed E-state index contributed by atoms with van der Waals surface area (Å²) >= 11 is 2.68. The van der Waals surface area contributed by atoms with E-state index in [4.69, 9.17) is 13.9 Å². The number of anilines is 1. The smallest absolute Gasteiger partial charge is 0.247 e. The van der Waals surface area contributed by atoms with Crippen LogP contribution in [-0.4, -0.2) is 76.8 Å². The third-order valence-corrected chi connectivity index (χ3v) is 9.80. The number of ether oxygens (including phenoxy) is 2. The van der Waals surface area contributed by atoms with Crippen molar-refractivity contribution in [2.45, 2.75) is 23.1 Å². The molecular formula is C29H28FN7O4S2. The Labute approximate surface area is 254 Å². The number of thioether (sulfide) groups is 1. The zero-order chi connectivity index (χ0) is 29.7. The van der Waals surface area contributed by atoms with E-state index in [1.165, 1.54) is 29.2 Å². The van der Waals surface area contributed by atoms with Gasteiger partial charge in [-0.1, -0.05) is 23.1 Å². The Morgan fingerprint density at radius 1 is 1.12 bits per heavy atom. The minimum absolute atomic E-state index is 0.0562. The van der Waals surface area contributed by atoms with Gasteiger partial charge in [0.15, 0.2) is 26.3 Å². The summed E-state index contributed by atoms with van der Waals surface area (Å²) in [6, 6.07) is 8.66. The third kappa shape index (κ3) is 5.12. The number of methoxy groups -OCH3 is 1. The largest absolute Gasteiger partial charge is 0.497 e. The first-order valence-corrected chi connectivity index (χ1v) is 15.6. The maximum atomic E-state index is 15.7. The Hall–Kier alpha value is -4.01. The number of halogens is 1. The molecule has 3 aromatic heterocycles. The number of pyridine rings is 1. The number of rotatable bonds is 7. The molecule has 0 amide bonds. The summed E-state index contributed by atoms with van der Waals surface area (Å²) in [5, 5.41) is 17.6. The fourth-order valence-electron chi connectivity index (χ4n) is 5.35. The predicted octanol–water partition coefficient (Wildman–Crippen LogP) is 4.72. The fraction of sp³-hybridized carbons (Fsp3) is 0.345. The number of nitrogens with zero attached hydrogens (tertiary/aromatic N) is 7. The van der Waals surface area contributed by atoms with Crippen molar-refractivity contribution < 1.29 is 18.3 Å². The number of likely N-dealkylation sites (N-methyl/N-ethyl adjacent to an activating group) is 1. The quantitative estimate of drug-likeness (QED) is 0.236. The summed E-state index contributed by atoms with van der Waals surface area (Å²) in [7, 11) is 3.66. The van der Waals surface area contributed by atoms with Crippen LogP contribution in [0, 0.1) is 5.82 Å². The van der Waals surface area contributed by atoms with E-state index in [1.807, 2.05) is 40.7 Å². The first-order valence-electron chi connectivity index (χ1n) is 13.8. The van der Waals surface area contributed by atoms with Gasteiger partial charge in [-0.2, -0.15) is 0 Å². The van der Waals surface area contributed by atoms with Crippen LogP contribution in [0.2, 0.25) is 0 Å². The van der Waals surface area contributed by atoms with Gasteiger partial charge in [0.05, 0.1) is 35.4 Å². The summed E-state index contributed by atoms with van der Waals surface area (Å²) in [5.74, 6) is 1.96. The normalized spacial score (nSPS) is 16.9. The maximum Gasteiger partial charge on any atom is 0.247 e. The minimum Gasteiger partial charge on any atom is -0.497 e. The van der Waals surface area contributed by atoms with Gasteiger partial charge in [-0.3, -0.25) is 4.79 Å². The van der Waals surface area contributed by atoms with Crippen molar-refractivity contribution in [1.29, 1.82) is 0 Å². The van der Waals surface area contributed by atoms with Gasteiger partial charge in [-0.05, 0) is 44.3 Å². The molecule has 1 fully saturated rings. The molecule has 2 aliphatic heterocycles. The molecule has 0 radical (unpaired) electrons. The van der Waals surface area contributed by atoms with Gasteiger partial charge >= 0.3 is 0 Å². The second-order valence-electron chi connectivity index (χ2n) is 10.6. The van der Waals surface area contributed by atoms with Crippen molar-refractivity contribution in [3.05, 3.63) is 58.5 Å². The number of piperazine rings is 1. The molecular weight excluding hydrogens is 593 g/mol. The Kier molecular flexibility index (Phi) is 7.27. The highest BCUT2D eigenvalue weighted by Crippen LogP contribution is 2.43. The highest BCUT2D eigenvalue weighted by Gasteiger charge is 2.31. The second-order valence-corrected chi connectivity index (χ2v) is 12.8. The van der Waals surface area contributed by atoms with E-state index in [2.05, 4.69) is 32.3 Å². The Bertz CT molecular complexity index is 1870. The zero-order valence-electron chi connectivity index (χ0n) is 23.7. The summed E-state index contributed by atoms with van der Waals surface area (Å²) in [6.07, 6.45) is 1.81. The molecule has 2 aliphatic rings. The zero-order valence-corrected chi connectivity index (χ0v) is 25.4. The molecule has 222 valence electrons. The predicted molar refractivity (Wildman–Crippen MR) is 163 cm³/mol. The average molecular weight is 622 g/mol. The van der Waals surface area contributed by atoms with Gasteiger partial charge in [0.25, 0.3) is 0 Å². The lowest BCUT2D eigenvalue weighted by Gasteiger charge is -2.37. The van der Waals surface area contributed by atoms with Gasteiger partial charge in [0.2, 0.25) is 11.8 Å². The Balaban J connectivity index is 1.16. The molecule has 0 saturated carbocycles. The SMILES string of the molecule is COc1ccc(-c2nnc(CSc3nnc(-c4cn5c6c(c(N7CCN(C)CC7)c(F)cc6c4=O)OC[C@@H]5C)s3)o2)cc1. The number of hydrogen-bond acceptors (Lipinski definition) is 12. The summed E-state index contributed by atoms with van der Waals surface area (Å²) in [6.45, 7) is 5.41. The van der Waals surface area contributed by atoms with E-state index in [1.54, 1.807) is 13.3 Å². The van der Waals surface area contributed by atoms with Crippen molar-refractivity contribution in [3.8, 4) is 33.5 Å². The Morgan fingerprint density at radius 3 is 2.67 bits per heavy atom. The van der Waals surface area contributed by atoms with Gasteiger partial charge in [0.1, 0.15) is 18.0 Å². The number of benzene rings is 2. The van der Waals surface area contributed by atoms with E-state index in [0.717, 1.165) is 24.4 Å². The van der Waals surface area contributed by atoms with Gasteiger partial charge in [0, 0.05) is 37.9 Å². The highest BCUT2D eigenvalue weighted by atomic mass is 32.2. The van der Waals surface area contributed by atoms with Crippen LogP contribution < -0.4 is 19.8 Å². The molecule has 1 saturated heterocycles. The molecule has 43 heavy (non-hydrogen) atoms. The van der Waals surface area contributed by atoms with Crippen molar-refractivity contribution in [3.63, 3.8) is 0 Å². The summed E-state index contributed by atoms with van der Waals surface area (Å²) in [4.78, 5) is 18.0. The van der Waals surface area contributed by atoms with Crippen molar-refractivity contribution >= 4 is 39.7 Å². The molecule has 0 bridgehead atoms. The monoisotopic (exact) mass is 621 g/mol. The molecule has 7 rings (SSSR count). The van der Waals surface area contributed by atoms with Crippen molar-refractivity contribution in [2.24, 2.45) is 0 Å². The van der Waals surface area contributed by atoms with Crippen LogP contribution >= 0.6 is 23.1 Å². The first kappa shape index (κ1) is 27.8. The molecule has 0 aliphatic carbocycles. The molecule has 5 aromatic rings. The topological polar surface area (TPSA) is 112 Å². The second kappa shape index (κ2) is 11.2. The van der Waals surface area contributed by atoms with Gasteiger partial charge in [-0.25, -0.2) is 4.39 Å². The van der Waals surface area contributed by atoms with Gasteiger partial charge < -0.3 is 28.3 Å². The van der Waals surface area contributed by atoms with Crippen molar-refractivity contribution in [1.82, 2.24) is 29.9 Å². The fourth-order valence-corrected chi connectivity index (χ4v) is 7.05. The van der Waals surface area contributed by atoms with Gasteiger partial charge in [-0.15, -0.1) is 20.4 Å². The summed E-state index contributed by atoms with van der Waals surface area (Å²) in [5.41, 5.74) is 1.91. The van der Waals surface area contributed by atoms with E-state index >= 15 is 4.39 Å². The first-order chi connectivity index (χ1) is 20.9. The maximum absolute atomic E-state index is 15.7. The highest BCUT2D eigenvalue weighted by molar-refractivity contribution is 8.00. The molecule has 14 heteroatoms.